The Morgan fingerprint density at radius 2 is 2.20 bits per heavy atom. The van der Waals surface area contributed by atoms with Gasteiger partial charge in [0.05, 0.1) is 12.7 Å². The van der Waals surface area contributed by atoms with Crippen LogP contribution in [0, 0.1) is 0 Å². The number of aliphatic hydroxyl groups is 1. The highest BCUT2D eigenvalue weighted by Crippen LogP contribution is 2.22. The SMILES string of the molecule is CCCNC(C)(CO)CCOC1CCC1. The first kappa shape index (κ1) is 12.9. The summed E-state index contributed by atoms with van der Waals surface area (Å²) in [5.74, 6) is 0. The van der Waals surface area contributed by atoms with Crippen LogP contribution < -0.4 is 5.32 Å². The lowest BCUT2D eigenvalue weighted by molar-refractivity contribution is -0.0111. The van der Waals surface area contributed by atoms with Crippen molar-refractivity contribution in [1.82, 2.24) is 5.32 Å². The average molecular weight is 215 g/mol. The molecular formula is C12H25NO2. The van der Waals surface area contributed by atoms with Crippen LogP contribution in [0.15, 0.2) is 0 Å². The van der Waals surface area contributed by atoms with Crippen LogP contribution in [0.25, 0.3) is 0 Å². The standard InChI is InChI=1S/C12H25NO2/c1-3-8-13-12(2,10-14)7-9-15-11-5-4-6-11/h11,13-14H,3-10H2,1-2H3. The molecule has 1 aliphatic rings. The van der Waals surface area contributed by atoms with Gasteiger partial charge in [-0.15, -0.1) is 0 Å². The van der Waals surface area contributed by atoms with Crippen LogP contribution in [0.3, 0.4) is 0 Å². The molecule has 1 fully saturated rings. The van der Waals surface area contributed by atoms with Crippen molar-refractivity contribution >= 4 is 0 Å². The molecule has 0 bridgehead atoms. The Hall–Kier alpha value is -0.120. The molecule has 1 atom stereocenters. The molecule has 0 aromatic heterocycles. The number of ether oxygens (including phenoxy) is 1. The summed E-state index contributed by atoms with van der Waals surface area (Å²) >= 11 is 0. The molecule has 90 valence electrons. The van der Waals surface area contributed by atoms with E-state index in [1.54, 1.807) is 0 Å². The predicted octanol–water partition coefficient (Wildman–Crippen LogP) is 1.70. The lowest BCUT2D eigenvalue weighted by atomic mass is 9.95. The summed E-state index contributed by atoms with van der Waals surface area (Å²) < 4.78 is 5.70. The Balaban J connectivity index is 2.12. The molecule has 0 spiro atoms. The summed E-state index contributed by atoms with van der Waals surface area (Å²) in [6.07, 6.45) is 6.24. The van der Waals surface area contributed by atoms with Crippen LogP contribution in [0.2, 0.25) is 0 Å². The lowest BCUT2D eigenvalue weighted by Gasteiger charge is -2.31. The van der Waals surface area contributed by atoms with Gasteiger partial charge in [-0.3, -0.25) is 0 Å². The Morgan fingerprint density at radius 3 is 2.67 bits per heavy atom. The molecule has 3 nitrogen and oxygen atoms in total. The van der Waals surface area contributed by atoms with E-state index in [-0.39, 0.29) is 12.1 Å². The normalized spacial score (nSPS) is 21.0. The van der Waals surface area contributed by atoms with E-state index >= 15 is 0 Å². The monoisotopic (exact) mass is 215 g/mol. The largest absolute Gasteiger partial charge is 0.394 e. The molecule has 1 aliphatic carbocycles. The summed E-state index contributed by atoms with van der Waals surface area (Å²) in [6, 6.07) is 0. The van der Waals surface area contributed by atoms with Crippen molar-refractivity contribution < 1.29 is 9.84 Å². The molecule has 0 saturated heterocycles. The summed E-state index contributed by atoms with van der Waals surface area (Å²) in [6.45, 7) is 6.10. The molecular weight excluding hydrogens is 190 g/mol. The van der Waals surface area contributed by atoms with Crippen LogP contribution >= 0.6 is 0 Å². The van der Waals surface area contributed by atoms with Gasteiger partial charge in [-0.2, -0.15) is 0 Å². The highest BCUT2D eigenvalue weighted by Gasteiger charge is 2.24. The lowest BCUT2D eigenvalue weighted by Crippen LogP contribution is -2.47. The van der Waals surface area contributed by atoms with E-state index in [9.17, 15) is 5.11 Å². The molecule has 1 unspecified atom stereocenters. The second-order valence-electron chi connectivity index (χ2n) is 4.82. The van der Waals surface area contributed by atoms with Crippen molar-refractivity contribution in [1.29, 1.82) is 0 Å². The van der Waals surface area contributed by atoms with Gasteiger partial charge in [-0.05, 0) is 45.6 Å². The van der Waals surface area contributed by atoms with Crippen LogP contribution in [-0.2, 0) is 4.74 Å². The average Bonchev–Trinajstić information content (AvgIpc) is 2.19. The number of rotatable bonds is 8. The minimum Gasteiger partial charge on any atom is -0.394 e. The van der Waals surface area contributed by atoms with Gasteiger partial charge in [0, 0.05) is 12.1 Å². The maximum atomic E-state index is 9.33. The summed E-state index contributed by atoms with van der Waals surface area (Å²) in [5, 5.41) is 12.7. The smallest absolute Gasteiger partial charge is 0.0611 e. The zero-order chi connectivity index (χ0) is 11.1. The van der Waals surface area contributed by atoms with Crippen LogP contribution in [0.5, 0.6) is 0 Å². The predicted molar refractivity (Wildman–Crippen MR) is 62.0 cm³/mol. The fraction of sp³-hybridized carbons (Fsp3) is 1.00. The van der Waals surface area contributed by atoms with Crippen LogP contribution in [0.1, 0.15) is 46.0 Å². The van der Waals surface area contributed by atoms with Crippen molar-refractivity contribution in [2.24, 2.45) is 0 Å². The number of hydrogen-bond donors (Lipinski definition) is 2. The van der Waals surface area contributed by atoms with Crippen molar-refractivity contribution in [3.05, 3.63) is 0 Å². The highest BCUT2D eigenvalue weighted by atomic mass is 16.5. The van der Waals surface area contributed by atoms with E-state index < -0.39 is 0 Å². The van der Waals surface area contributed by atoms with Crippen molar-refractivity contribution in [2.45, 2.75) is 57.6 Å². The molecule has 1 saturated carbocycles. The molecule has 0 aliphatic heterocycles. The summed E-state index contributed by atoms with van der Waals surface area (Å²) in [5.41, 5.74) is -0.167. The zero-order valence-corrected chi connectivity index (χ0v) is 10.1. The zero-order valence-electron chi connectivity index (χ0n) is 10.1. The number of hydrogen-bond acceptors (Lipinski definition) is 3. The molecule has 2 N–H and O–H groups in total. The maximum absolute atomic E-state index is 9.33. The first-order valence-corrected chi connectivity index (χ1v) is 6.17. The van der Waals surface area contributed by atoms with E-state index in [1.165, 1.54) is 19.3 Å². The summed E-state index contributed by atoms with van der Waals surface area (Å²) in [7, 11) is 0. The highest BCUT2D eigenvalue weighted by molar-refractivity contribution is 4.82. The van der Waals surface area contributed by atoms with Gasteiger partial charge in [0.25, 0.3) is 0 Å². The van der Waals surface area contributed by atoms with Gasteiger partial charge in [0.15, 0.2) is 0 Å². The minimum absolute atomic E-state index is 0.167. The first-order chi connectivity index (χ1) is 7.20. The Labute approximate surface area is 93.2 Å². The minimum atomic E-state index is -0.167. The topological polar surface area (TPSA) is 41.5 Å². The van der Waals surface area contributed by atoms with Crippen molar-refractivity contribution in [3.63, 3.8) is 0 Å². The summed E-state index contributed by atoms with van der Waals surface area (Å²) in [4.78, 5) is 0. The van der Waals surface area contributed by atoms with E-state index in [2.05, 4.69) is 19.2 Å². The second-order valence-corrected chi connectivity index (χ2v) is 4.82. The van der Waals surface area contributed by atoms with Gasteiger partial charge < -0.3 is 15.2 Å². The number of aliphatic hydroxyl groups excluding tert-OH is 1. The molecule has 0 amide bonds. The maximum Gasteiger partial charge on any atom is 0.0611 e. The van der Waals surface area contributed by atoms with E-state index in [4.69, 9.17) is 4.74 Å². The quantitative estimate of drug-likeness (QED) is 0.647. The van der Waals surface area contributed by atoms with E-state index in [1.807, 2.05) is 0 Å². The molecule has 0 aromatic rings. The molecule has 0 heterocycles. The molecule has 15 heavy (non-hydrogen) atoms. The third kappa shape index (κ3) is 4.49. The van der Waals surface area contributed by atoms with Crippen molar-refractivity contribution in [3.8, 4) is 0 Å². The van der Waals surface area contributed by atoms with Crippen LogP contribution in [0.4, 0.5) is 0 Å². The Morgan fingerprint density at radius 1 is 1.47 bits per heavy atom. The molecule has 1 rings (SSSR count). The van der Waals surface area contributed by atoms with Gasteiger partial charge in [-0.1, -0.05) is 6.92 Å². The molecule has 3 heteroatoms. The van der Waals surface area contributed by atoms with Gasteiger partial charge in [0.1, 0.15) is 0 Å². The number of nitrogens with one attached hydrogen (secondary N) is 1. The third-order valence-electron chi connectivity index (χ3n) is 3.21. The first-order valence-electron chi connectivity index (χ1n) is 6.17. The third-order valence-corrected chi connectivity index (χ3v) is 3.21. The van der Waals surface area contributed by atoms with Gasteiger partial charge in [0.2, 0.25) is 0 Å². The van der Waals surface area contributed by atoms with E-state index in [0.717, 1.165) is 26.0 Å². The second kappa shape index (κ2) is 6.46. The van der Waals surface area contributed by atoms with Crippen LogP contribution in [-0.4, -0.2) is 36.5 Å². The van der Waals surface area contributed by atoms with E-state index in [0.29, 0.717) is 6.10 Å². The fourth-order valence-corrected chi connectivity index (χ4v) is 1.64. The fourth-order valence-electron chi connectivity index (χ4n) is 1.64. The van der Waals surface area contributed by atoms with Gasteiger partial charge >= 0.3 is 0 Å². The Bertz CT molecular complexity index is 171. The molecule has 0 aromatic carbocycles. The molecule has 0 radical (unpaired) electrons. The van der Waals surface area contributed by atoms with Gasteiger partial charge in [-0.25, -0.2) is 0 Å². The van der Waals surface area contributed by atoms with Crippen molar-refractivity contribution in [2.75, 3.05) is 19.8 Å². The Kier molecular flexibility index (Phi) is 5.58.